The first-order valence-electron chi connectivity index (χ1n) is 19.5. The Hall–Kier alpha value is -1.90. The van der Waals surface area contributed by atoms with Crippen LogP contribution in [-0.2, 0) is 43.2 Å². The average Bonchev–Trinajstić information content (AvgIpc) is 3.47. The minimum absolute atomic E-state index is 0.0445. The van der Waals surface area contributed by atoms with Crippen LogP contribution in [0.15, 0.2) is 24.3 Å². The summed E-state index contributed by atoms with van der Waals surface area (Å²) in [6.45, 7) is 12.8. The van der Waals surface area contributed by atoms with Crippen LogP contribution in [0.2, 0.25) is 0 Å². The number of carbonyl (C=O) groups excluding carboxylic acids is 1. The molecule has 2 spiro atoms. The summed E-state index contributed by atoms with van der Waals surface area (Å²) < 4.78 is 47.5. The number of anilines is 1. The number of hydrogen-bond acceptors (Lipinski definition) is 10. The standard InChI is InChI=1S/C39H54FNO10/c1-20-7-13-28-22(3)30(43-33-38(28)26(20)15-17-36(5,46-33)48-50-38)19-31(44-35(42)41-25-11-9-24(40)10-12-25)32-23(4)29-14-8-21(2)27-16-18-37(6)47-34(45-32)39(27,29)51-49-37/h9-12,20-23,26-34H,7-8,13-19H2,1-6H3,(H,41,42)/t20-,21-,22-,23-,26+,27+,28+,29+,30-,31+,32?,33-,34-,36+,37+,38-,39-/m1/s1. The molecule has 1 amide bonds. The molecular formula is C39H54FNO10. The molecule has 1 aromatic carbocycles. The second kappa shape index (κ2) is 12.3. The first kappa shape index (κ1) is 34.8. The van der Waals surface area contributed by atoms with Gasteiger partial charge in [-0.2, -0.15) is 0 Å². The number of benzene rings is 1. The van der Waals surface area contributed by atoms with Crippen LogP contribution in [0.3, 0.4) is 0 Å². The van der Waals surface area contributed by atoms with Crippen LogP contribution in [0.1, 0.15) is 99.3 Å². The van der Waals surface area contributed by atoms with Gasteiger partial charge in [0.2, 0.25) is 11.6 Å². The van der Waals surface area contributed by atoms with Crippen molar-refractivity contribution in [2.24, 2.45) is 47.3 Å². The van der Waals surface area contributed by atoms with Crippen LogP contribution >= 0.6 is 0 Å². The van der Waals surface area contributed by atoms with Gasteiger partial charge in [0.15, 0.2) is 23.8 Å². The van der Waals surface area contributed by atoms with Gasteiger partial charge in [0, 0.05) is 36.8 Å². The smallest absolute Gasteiger partial charge is 0.411 e. The lowest BCUT2D eigenvalue weighted by Crippen LogP contribution is -2.72. The lowest BCUT2D eigenvalue weighted by Gasteiger charge is -2.62. The minimum Gasteiger partial charge on any atom is -0.443 e. The molecule has 12 heteroatoms. The molecule has 8 saturated heterocycles. The van der Waals surface area contributed by atoms with E-state index in [2.05, 4.69) is 33.0 Å². The Kier molecular flexibility index (Phi) is 8.41. The first-order valence-corrected chi connectivity index (χ1v) is 19.5. The molecule has 282 valence electrons. The maximum atomic E-state index is 13.7. The molecule has 10 aliphatic rings. The molecule has 4 bridgehead atoms. The predicted octanol–water partition coefficient (Wildman–Crippen LogP) is 7.63. The molecule has 0 aromatic heterocycles. The number of nitrogens with one attached hydrogen (secondary N) is 1. The third-order valence-electron chi connectivity index (χ3n) is 14.7. The normalized spacial score (nSPS) is 51.7. The van der Waals surface area contributed by atoms with Crippen molar-refractivity contribution in [1.82, 2.24) is 0 Å². The summed E-state index contributed by atoms with van der Waals surface area (Å²) in [5.74, 6) is -0.743. The van der Waals surface area contributed by atoms with Gasteiger partial charge in [-0.1, -0.05) is 27.7 Å². The summed E-state index contributed by atoms with van der Waals surface area (Å²) in [7, 11) is 0. The highest BCUT2D eigenvalue weighted by Gasteiger charge is 2.72. The fourth-order valence-electron chi connectivity index (χ4n) is 11.9. The minimum atomic E-state index is -0.933. The van der Waals surface area contributed by atoms with E-state index in [0.29, 0.717) is 30.4 Å². The number of hydrogen-bond donors (Lipinski definition) is 1. The number of amides is 1. The van der Waals surface area contributed by atoms with Crippen molar-refractivity contribution >= 4 is 11.8 Å². The number of halogens is 1. The Morgan fingerprint density at radius 3 is 1.90 bits per heavy atom. The van der Waals surface area contributed by atoms with Gasteiger partial charge in [-0.05, 0) is 112 Å². The first-order chi connectivity index (χ1) is 24.3. The van der Waals surface area contributed by atoms with Gasteiger partial charge in [-0.3, -0.25) is 5.32 Å². The Morgan fingerprint density at radius 2 is 1.31 bits per heavy atom. The largest absolute Gasteiger partial charge is 0.443 e. The molecule has 11 nitrogen and oxygen atoms in total. The van der Waals surface area contributed by atoms with Crippen LogP contribution in [0.4, 0.5) is 14.9 Å². The molecule has 8 heterocycles. The van der Waals surface area contributed by atoms with E-state index >= 15 is 0 Å². The summed E-state index contributed by atoms with van der Waals surface area (Å²) in [5, 5.41) is 2.81. The molecule has 8 aliphatic heterocycles. The molecule has 11 rings (SSSR count). The number of carbonyl (C=O) groups is 1. The van der Waals surface area contributed by atoms with Crippen molar-refractivity contribution in [1.29, 1.82) is 0 Å². The van der Waals surface area contributed by atoms with E-state index in [0.717, 1.165) is 44.9 Å². The van der Waals surface area contributed by atoms with Gasteiger partial charge < -0.3 is 23.7 Å². The molecule has 2 saturated carbocycles. The second-order valence-corrected chi connectivity index (χ2v) is 17.6. The molecule has 1 unspecified atom stereocenters. The van der Waals surface area contributed by atoms with Gasteiger partial charge in [-0.25, -0.2) is 28.7 Å². The van der Waals surface area contributed by atoms with Crippen LogP contribution in [0.25, 0.3) is 0 Å². The predicted molar refractivity (Wildman–Crippen MR) is 179 cm³/mol. The van der Waals surface area contributed by atoms with Crippen molar-refractivity contribution in [2.45, 2.75) is 153 Å². The molecular weight excluding hydrogens is 661 g/mol. The highest BCUT2D eigenvalue weighted by atomic mass is 19.1. The number of rotatable bonds is 5. The van der Waals surface area contributed by atoms with Crippen molar-refractivity contribution in [3.05, 3.63) is 30.1 Å². The zero-order chi connectivity index (χ0) is 35.5. The molecule has 17 atom stereocenters. The summed E-state index contributed by atoms with van der Waals surface area (Å²) in [4.78, 5) is 38.7. The van der Waals surface area contributed by atoms with Crippen molar-refractivity contribution in [3.8, 4) is 0 Å². The molecule has 0 radical (unpaired) electrons. The quantitative estimate of drug-likeness (QED) is 0.306. The zero-order valence-corrected chi connectivity index (χ0v) is 30.6. The average molecular weight is 716 g/mol. The fourth-order valence-corrected chi connectivity index (χ4v) is 11.9. The maximum absolute atomic E-state index is 13.7. The van der Waals surface area contributed by atoms with Gasteiger partial charge in [0.25, 0.3) is 0 Å². The Morgan fingerprint density at radius 1 is 0.765 bits per heavy atom. The van der Waals surface area contributed by atoms with E-state index in [1.165, 1.54) is 24.3 Å². The van der Waals surface area contributed by atoms with Crippen LogP contribution in [0, 0.1) is 53.2 Å². The summed E-state index contributed by atoms with van der Waals surface area (Å²) in [6.07, 6.45) is 4.18. The zero-order valence-electron chi connectivity index (χ0n) is 30.6. The topological polar surface area (TPSA) is 112 Å². The highest BCUT2D eigenvalue weighted by molar-refractivity contribution is 5.84. The summed E-state index contributed by atoms with van der Waals surface area (Å²) in [5.41, 5.74) is -1.02. The molecule has 10 fully saturated rings. The van der Waals surface area contributed by atoms with E-state index in [-0.39, 0.29) is 47.4 Å². The van der Waals surface area contributed by atoms with E-state index in [1.807, 2.05) is 13.8 Å². The summed E-state index contributed by atoms with van der Waals surface area (Å²) in [6, 6.07) is 5.64. The third kappa shape index (κ3) is 5.36. The fraction of sp³-hybridized carbons (Fsp3) is 0.821. The van der Waals surface area contributed by atoms with E-state index in [4.69, 9.17) is 43.2 Å². The van der Waals surface area contributed by atoms with Gasteiger partial charge in [0.05, 0.1) is 6.10 Å². The van der Waals surface area contributed by atoms with Gasteiger partial charge in [0.1, 0.15) is 18.0 Å². The SMILES string of the molecule is C[C@H]1[C@@H](C[C@H](OC(=O)Nc2ccc(F)cc2)C2O[C@@H]3O[C@]4(C)CC[C@H]5[C@H](C)CC[C@@H]([C@H]2C)[C@@]35OO4)O[C@@H]2O[C@]3(C)CC[C@H]4[C@H](C)CC[C@@H]1[C@@]24OO3. The Labute approximate surface area is 299 Å². The Bertz CT molecular complexity index is 1500. The molecule has 1 aromatic rings. The lowest BCUT2D eigenvalue weighted by molar-refractivity contribution is -0.573. The molecule has 51 heavy (non-hydrogen) atoms. The van der Waals surface area contributed by atoms with E-state index < -0.39 is 53.7 Å². The van der Waals surface area contributed by atoms with Crippen LogP contribution in [-0.4, -0.2) is 59.8 Å². The maximum Gasteiger partial charge on any atom is 0.411 e. The van der Waals surface area contributed by atoms with Crippen molar-refractivity contribution in [2.75, 3.05) is 5.32 Å². The van der Waals surface area contributed by atoms with E-state index in [9.17, 15) is 9.18 Å². The monoisotopic (exact) mass is 715 g/mol. The Balaban J connectivity index is 1.04. The van der Waals surface area contributed by atoms with Gasteiger partial charge in [-0.15, -0.1) is 0 Å². The lowest BCUT2D eigenvalue weighted by atomic mass is 9.56. The van der Waals surface area contributed by atoms with E-state index in [1.54, 1.807) is 0 Å². The third-order valence-corrected chi connectivity index (χ3v) is 14.7. The number of fused-ring (bicyclic) bond motifs is 4. The second-order valence-electron chi connectivity index (χ2n) is 17.6. The van der Waals surface area contributed by atoms with Crippen molar-refractivity contribution in [3.63, 3.8) is 0 Å². The van der Waals surface area contributed by atoms with Crippen LogP contribution < -0.4 is 5.32 Å². The van der Waals surface area contributed by atoms with Crippen LogP contribution in [0.5, 0.6) is 0 Å². The highest BCUT2D eigenvalue weighted by Crippen LogP contribution is 2.63. The van der Waals surface area contributed by atoms with Gasteiger partial charge >= 0.3 is 6.09 Å². The summed E-state index contributed by atoms with van der Waals surface area (Å²) >= 11 is 0. The molecule has 2 aliphatic carbocycles. The van der Waals surface area contributed by atoms with Crippen molar-refractivity contribution < 1.29 is 52.4 Å². The molecule has 1 N–H and O–H groups in total. The number of ether oxygens (including phenoxy) is 5.